The Morgan fingerprint density at radius 2 is 2.37 bits per heavy atom. The van der Waals surface area contributed by atoms with Crippen LogP contribution in [0, 0.1) is 6.92 Å². The minimum absolute atomic E-state index is 0.110. The van der Waals surface area contributed by atoms with Crippen LogP contribution in [0.1, 0.15) is 21.7 Å². The molecule has 1 fully saturated rings. The highest BCUT2D eigenvalue weighted by atomic mass is 32.2. The van der Waals surface area contributed by atoms with Crippen LogP contribution in [-0.2, 0) is 9.53 Å². The Morgan fingerprint density at radius 1 is 1.58 bits per heavy atom. The van der Waals surface area contributed by atoms with E-state index in [4.69, 9.17) is 0 Å². The van der Waals surface area contributed by atoms with Gasteiger partial charge in [0.15, 0.2) is 0 Å². The maximum Gasteiger partial charge on any atom is 0.315 e. The van der Waals surface area contributed by atoms with Crippen molar-refractivity contribution in [1.82, 2.24) is 4.90 Å². The quantitative estimate of drug-likeness (QED) is 0.800. The van der Waals surface area contributed by atoms with Crippen LogP contribution in [0.2, 0.25) is 0 Å². The average Bonchev–Trinajstić information content (AvgIpc) is 3.04. The molecule has 0 aromatic carbocycles. The summed E-state index contributed by atoms with van der Waals surface area (Å²) < 4.78 is 4.62. The third-order valence-corrected chi connectivity index (χ3v) is 5.33. The molecule has 0 unspecified atom stereocenters. The summed E-state index contributed by atoms with van der Waals surface area (Å²) >= 11 is 3.07. The van der Waals surface area contributed by atoms with Crippen LogP contribution in [0.5, 0.6) is 0 Å². The fourth-order valence-electron chi connectivity index (χ4n) is 1.99. The van der Waals surface area contributed by atoms with Crippen LogP contribution >= 0.6 is 23.1 Å². The van der Waals surface area contributed by atoms with Crippen LogP contribution in [0.3, 0.4) is 0 Å². The number of esters is 1. The first-order valence-corrected chi connectivity index (χ1v) is 8.06. The maximum atomic E-state index is 12.2. The zero-order chi connectivity index (χ0) is 13.8. The number of hydrogen-bond acceptors (Lipinski definition) is 5. The number of hydrogen-bond donors (Lipinski definition) is 0. The first-order chi connectivity index (χ1) is 9.10. The van der Waals surface area contributed by atoms with Crippen LogP contribution in [0.25, 0.3) is 0 Å². The van der Waals surface area contributed by atoms with E-state index in [0.29, 0.717) is 11.0 Å². The molecule has 1 atom stereocenters. The smallest absolute Gasteiger partial charge is 0.315 e. The van der Waals surface area contributed by atoms with Gasteiger partial charge in [-0.1, -0.05) is 0 Å². The minimum Gasteiger partial charge on any atom is -0.468 e. The number of amides is 1. The lowest BCUT2D eigenvalue weighted by Gasteiger charge is -2.15. The fraction of sp³-hybridized carbons (Fsp3) is 0.538. The van der Waals surface area contributed by atoms with E-state index in [2.05, 4.69) is 4.74 Å². The van der Waals surface area contributed by atoms with E-state index < -0.39 is 0 Å². The third kappa shape index (κ3) is 3.73. The fourth-order valence-corrected chi connectivity index (χ4v) is 3.90. The lowest BCUT2D eigenvalue weighted by atomic mass is 10.3. The Bertz CT molecular complexity index is 472. The second-order valence-electron chi connectivity index (χ2n) is 4.54. The van der Waals surface area contributed by atoms with Gasteiger partial charge in [0.1, 0.15) is 0 Å². The summed E-state index contributed by atoms with van der Waals surface area (Å²) in [5, 5.41) is 2.33. The number of nitrogens with zero attached hydrogens (tertiary/aromatic N) is 1. The molecule has 1 saturated heterocycles. The average molecular weight is 299 g/mol. The van der Waals surface area contributed by atoms with Gasteiger partial charge < -0.3 is 9.64 Å². The SMILES string of the molecule is COC(=O)CS[C@@H]1CCN(C(=O)c2cc(C)cs2)C1. The summed E-state index contributed by atoms with van der Waals surface area (Å²) in [5.74, 6) is 0.268. The molecule has 2 heterocycles. The van der Waals surface area contributed by atoms with Gasteiger partial charge in [-0.3, -0.25) is 9.59 Å². The predicted molar refractivity (Wildman–Crippen MR) is 77.8 cm³/mol. The molecule has 6 heteroatoms. The molecule has 1 amide bonds. The molecule has 0 spiro atoms. The lowest BCUT2D eigenvalue weighted by molar-refractivity contribution is -0.137. The van der Waals surface area contributed by atoms with Crippen molar-refractivity contribution in [2.24, 2.45) is 0 Å². The number of aryl methyl sites for hydroxylation is 1. The molecule has 1 aliphatic rings. The predicted octanol–water partition coefficient (Wildman–Crippen LogP) is 2.18. The van der Waals surface area contributed by atoms with Crippen LogP contribution < -0.4 is 0 Å². The van der Waals surface area contributed by atoms with Crippen molar-refractivity contribution in [3.63, 3.8) is 0 Å². The topological polar surface area (TPSA) is 46.6 Å². The summed E-state index contributed by atoms with van der Waals surface area (Å²) in [7, 11) is 1.40. The summed E-state index contributed by atoms with van der Waals surface area (Å²) in [5.41, 5.74) is 1.13. The summed E-state index contributed by atoms with van der Waals surface area (Å²) in [4.78, 5) is 26.0. The molecule has 1 aromatic heterocycles. The molecule has 1 aromatic rings. The highest BCUT2D eigenvalue weighted by molar-refractivity contribution is 8.00. The number of thiophene rings is 1. The van der Waals surface area contributed by atoms with Crippen LogP contribution in [0.4, 0.5) is 0 Å². The van der Waals surface area contributed by atoms with Gasteiger partial charge in [0.25, 0.3) is 5.91 Å². The molecule has 0 aliphatic carbocycles. The second kappa shape index (κ2) is 6.43. The molecule has 0 bridgehead atoms. The van der Waals surface area contributed by atoms with Gasteiger partial charge in [0.05, 0.1) is 17.7 Å². The summed E-state index contributed by atoms with van der Waals surface area (Å²) in [6.07, 6.45) is 0.942. The van der Waals surface area contributed by atoms with E-state index in [-0.39, 0.29) is 11.9 Å². The molecule has 2 rings (SSSR count). The van der Waals surface area contributed by atoms with Crippen LogP contribution in [-0.4, -0.2) is 48.0 Å². The highest BCUT2D eigenvalue weighted by Crippen LogP contribution is 2.25. The third-order valence-electron chi connectivity index (χ3n) is 3.04. The van der Waals surface area contributed by atoms with E-state index in [1.807, 2.05) is 23.3 Å². The zero-order valence-electron chi connectivity index (χ0n) is 11.0. The molecule has 19 heavy (non-hydrogen) atoms. The molecule has 0 radical (unpaired) electrons. The zero-order valence-corrected chi connectivity index (χ0v) is 12.7. The van der Waals surface area contributed by atoms with Crippen molar-refractivity contribution in [2.75, 3.05) is 26.0 Å². The Morgan fingerprint density at radius 3 is 3.00 bits per heavy atom. The Kier molecular flexibility index (Phi) is 4.87. The number of methoxy groups -OCH3 is 1. The molecular weight excluding hydrogens is 282 g/mol. The molecule has 104 valence electrons. The maximum absolute atomic E-state index is 12.2. The largest absolute Gasteiger partial charge is 0.468 e. The van der Waals surface area contributed by atoms with Gasteiger partial charge in [0, 0.05) is 18.3 Å². The Labute approximate surface area is 121 Å². The molecule has 1 aliphatic heterocycles. The van der Waals surface area contributed by atoms with Crippen molar-refractivity contribution < 1.29 is 14.3 Å². The Hall–Kier alpha value is -1.01. The van der Waals surface area contributed by atoms with Gasteiger partial charge in [-0.15, -0.1) is 23.1 Å². The standard InChI is InChI=1S/C13H17NO3S2/c1-9-5-11(19-7-9)13(16)14-4-3-10(6-14)18-8-12(15)17-2/h5,7,10H,3-4,6,8H2,1-2H3/t10-/m1/s1. The van der Waals surface area contributed by atoms with E-state index in [1.54, 1.807) is 11.8 Å². The van der Waals surface area contributed by atoms with Crippen molar-refractivity contribution in [3.8, 4) is 0 Å². The molecular formula is C13H17NO3S2. The van der Waals surface area contributed by atoms with E-state index in [9.17, 15) is 9.59 Å². The number of carbonyl (C=O) groups excluding carboxylic acids is 2. The summed E-state index contributed by atoms with van der Waals surface area (Å²) in [6.45, 7) is 3.48. The normalized spacial score (nSPS) is 18.6. The number of ether oxygens (including phenoxy) is 1. The van der Waals surface area contributed by atoms with E-state index in [0.717, 1.165) is 30.0 Å². The molecule has 0 saturated carbocycles. The Balaban J connectivity index is 1.84. The van der Waals surface area contributed by atoms with Crippen molar-refractivity contribution in [3.05, 3.63) is 21.9 Å². The molecule has 4 nitrogen and oxygen atoms in total. The van der Waals surface area contributed by atoms with Gasteiger partial charge >= 0.3 is 5.97 Å². The molecule has 0 N–H and O–H groups in total. The monoisotopic (exact) mass is 299 g/mol. The van der Waals surface area contributed by atoms with E-state index in [1.165, 1.54) is 18.4 Å². The minimum atomic E-state index is -0.205. The van der Waals surface area contributed by atoms with Crippen molar-refractivity contribution in [1.29, 1.82) is 0 Å². The van der Waals surface area contributed by atoms with Gasteiger partial charge in [-0.25, -0.2) is 0 Å². The van der Waals surface area contributed by atoms with Crippen molar-refractivity contribution in [2.45, 2.75) is 18.6 Å². The number of likely N-dealkylation sites (tertiary alicyclic amines) is 1. The summed E-state index contributed by atoms with van der Waals surface area (Å²) in [6, 6.07) is 1.93. The highest BCUT2D eigenvalue weighted by Gasteiger charge is 2.28. The van der Waals surface area contributed by atoms with Crippen molar-refractivity contribution >= 4 is 35.0 Å². The van der Waals surface area contributed by atoms with Gasteiger partial charge in [0.2, 0.25) is 0 Å². The van der Waals surface area contributed by atoms with Gasteiger partial charge in [-0.2, -0.15) is 0 Å². The first kappa shape index (κ1) is 14.4. The van der Waals surface area contributed by atoms with Crippen LogP contribution in [0.15, 0.2) is 11.4 Å². The van der Waals surface area contributed by atoms with Gasteiger partial charge in [-0.05, 0) is 30.4 Å². The lowest BCUT2D eigenvalue weighted by Crippen LogP contribution is -2.28. The second-order valence-corrected chi connectivity index (χ2v) is 6.74. The number of thioether (sulfide) groups is 1. The van der Waals surface area contributed by atoms with E-state index >= 15 is 0 Å². The number of carbonyl (C=O) groups is 2. The first-order valence-electron chi connectivity index (χ1n) is 6.13. The number of rotatable bonds is 4.